The second-order valence-corrected chi connectivity index (χ2v) is 14.2. The van der Waals surface area contributed by atoms with E-state index in [1.807, 2.05) is 18.2 Å². The second kappa shape index (κ2) is 27.2. The highest BCUT2D eigenvalue weighted by atomic mass is 79.9. The highest BCUT2D eigenvalue weighted by Crippen LogP contribution is 2.28. The molecule has 0 radical (unpaired) electrons. The van der Waals surface area contributed by atoms with Crippen LogP contribution in [0.4, 0.5) is 0 Å². The number of carbonyl (C=O) groups excluding carboxylic acids is 6. The number of benzene rings is 4. The predicted octanol–water partition coefficient (Wildman–Crippen LogP) is 6.65. The van der Waals surface area contributed by atoms with Crippen LogP contribution < -0.4 is 9.47 Å². The summed E-state index contributed by atoms with van der Waals surface area (Å²) in [6.07, 6.45) is 1.77. The molecule has 344 valence electrons. The highest BCUT2D eigenvalue weighted by Gasteiger charge is 2.21. The lowest BCUT2D eigenvalue weighted by Gasteiger charge is -2.13. The molecule has 0 saturated heterocycles. The molecular formula is C43H47BrN2O18. The zero-order chi connectivity index (χ0) is 47.0. The van der Waals surface area contributed by atoms with Crippen molar-refractivity contribution in [2.24, 2.45) is 0 Å². The van der Waals surface area contributed by atoms with E-state index in [2.05, 4.69) is 25.6 Å². The van der Waals surface area contributed by atoms with E-state index in [9.17, 15) is 49.0 Å². The number of ether oxygens (including phenoxy) is 6. The number of esters is 6. The van der Waals surface area contributed by atoms with Gasteiger partial charge in [-0.25, -0.2) is 9.59 Å². The van der Waals surface area contributed by atoms with Crippen LogP contribution in [0, 0.1) is 20.2 Å². The number of rotatable bonds is 24. The molecule has 0 aliphatic heterocycles. The molecule has 0 amide bonds. The minimum Gasteiger partial charge on any atom is -0.463 e. The highest BCUT2D eigenvalue weighted by molar-refractivity contribution is 9.09. The van der Waals surface area contributed by atoms with Gasteiger partial charge in [-0.3, -0.25) is 19.2 Å². The maximum absolute atomic E-state index is 12.3. The van der Waals surface area contributed by atoms with Crippen LogP contribution in [-0.4, -0.2) is 91.0 Å². The number of unbranched alkanes of at least 4 members (excludes halogenated alkanes) is 2. The summed E-state index contributed by atoms with van der Waals surface area (Å²) in [6.45, 7) is 3.95. The number of carbonyl (C=O) groups is 6. The molecule has 4 aromatic carbocycles. The maximum atomic E-state index is 12.3. The molecule has 4 aromatic rings. The molecule has 0 fully saturated rings. The van der Waals surface area contributed by atoms with E-state index in [1.54, 1.807) is 75.4 Å². The first kappa shape index (κ1) is 51.5. The Morgan fingerprint density at radius 1 is 0.531 bits per heavy atom. The van der Waals surface area contributed by atoms with Crippen molar-refractivity contribution in [2.75, 3.05) is 45.0 Å². The first-order valence-electron chi connectivity index (χ1n) is 19.8. The van der Waals surface area contributed by atoms with Crippen molar-refractivity contribution in [1.29, 1.82) is 0 Å². The Labute approximate surface area is 374 Å². The van der Waals surface area contributed by atoms with Gasteiger partial charge in [-0.05, 0) is 96.5 Å². The topological polar surface area (TPSA) is 263 Å². The average molecular weight is 960 g/mol. The van der Waals surface area contributed by atoms with Gasteiger partial charge >= 0.3 is 35.8 Å². The zero-order valence-corrected chi connectivity index (χ0v) is 36.8. The zero-order valence-electron chi connectivity index (χ0n) is 35.2. The van der Waals surface area contributed by atoms with Crippen molar-refractivity contribution in [3.05, 3.63) is 104 Å². The van der Waals surface area contributed by atoms with Crippen molar-refractivity contribution in [3.8, 4) is 11.5 Å². The fraction of sp³-hybridized carbons (Fsp3) is 0.395. The van der Waals surface area contributed by atoms with Crippen molar-refractivity contribution in [1.82, 2.24) is 0 Å². The molecule has 0 bridgehead atoms. The third-order valence-electron chi connectivity index (χ3n) is 8.90. The molecule has 4 rings (SSSR count). The Morgan fingerprint density at radius 3 is 1.30 bits per heavy atom. The molecule has 0 aromatic heterocycles. The smallest absolute Gasteiger partial charge is 0.344 e. The molecule has 0 aliphatic rings. The van der Waals surface area contributed by atoms with E-state index in [4.69, 9.17) is 28.4 Å². The van der Waals surface area contributed by atoms with E-state index in [0.29, 0.717) is 48.3 Å². The van der Waals surface area contributed by atoms with Crippen LogP contribution in [0.3, 0.4) is 0 Å². The molecule has 0 saturated carbocycles. The fourth-order valence-corrected chi connectivity index (χ4v) is 5.55. The van der Waals surface area contributed by atoms with E-state index in [-0.39, 0.29) is 44.1 Å². The van der Waals surface area contributed by atoms with Gasteiger partial charge in [0.2, 0.25) is 0 Å². The Kier molecular flexibility index (Phi) is 21.9. The molecule has 0 spiro atoms. The van der Waals surface area contributed by atoms with Gasteiger partial charge in [0.15, 0.2) is 13.2 Å². The maximum Gasteiger partial charge on any atom is 0.344 e. The summed E-state index contributed by atoms with van der Waals surface area (Å²) in [7, 11) is 0. The Balaban J connectivity index is 0.000000340. The number of fused-ring (bicyclic) bond motifs is 2. The molecular weight excluding hydrogens is 912 g/mol. The number of alkyl halides is 1. The largest absolute Gasteiger partial charge is 0.463 e. The van der Waals surface area contributed by atoms with Gasteiger partial charge in [0.25, 0.3) is 10.2 Å². The van der Waals surface area contributed by atoms with Crippen molar-refractivity contribution in [2.45, 2.75) is 64.7 Å². The van der Waals surface area contributed by atoms with E-state index in [0.717, 1.165) is 21.5 Å². The number of nitrogens with zero attached hydrogens (tertiary/aromatic N) is 2. The predicted molar refractivity (Wildman–Crippen MR) is 228 cm³/mol. The third kappa shape index (κ3) is 18.6. The SMILES string of the molecule is CC(C(=O)OCC(=O)OCCCCO[N+](=O)[O-])c1ccc2cc(OC(=O)CBr)ccc2c1.CCC(=O)Oc1ccc2cc(C(C)C(=O)OCC(=O)OCCCCO[N+](=O)[O-])ccc2c1. The third-order valence-corrected chi connectivity index (χ3v) is 9.36. The van der Waals surface area contributed by atoms with E-state index in [1.165, 1.54) is 0 Å². The number of halogens is 1. The Morgan fingerprint density at radius 2 is 0.906 bits per heavy atom. The monoisotopic (exact) mass is 958 g/mol. The summed E-state index contributed by atoms with van der Waals surface area (Å²) in [5.74, 6) is -3.63. The van der Waals surface area contributed by atoms with Crippen LogP contribution in [0.15, 0.2) is 72.8 Å². The van der Waals surface area contributed by atoms with Crippen LogP contribution in [0.2, 0.25) is 0 Å². The quantitative estimate of drug-likeness (QED) is 0.0135. The van der Waals surface area contributed by atoms with Gasteiger partial charge in [0.05, 0.1) is 38.3 Å². The van der Waals surface area contributed by atoms with Gasteiger partial charge in [-0.2, -0.15) is 0 Å². The molecule has 0 aliphatic carbocycles. The van der Waals surface area contributed by atoms with Crippen LogP contribution >= 0.6 is 15.9 Å². The summed E-state index contributed by atoms with van der Waals surface area (Å²) in [5, 5.41) is 21.7. The van der Waals surface area contributed by atoms with Gasteiger partial charge in [0.1, 0.15) is 16.8 Å². The summed E-state index contributed by atoms with van der Waals surface area (Å²) in [6, 6.07) is 21.2. The summed E-state index contributed by atoms with van der Waals surface area (Å²) in [4.78, 5) is 99.1. The van der Waals surface area contributed by atoms with Crippen molar-refractivity contribution >= 4 is 73.3 Å². The number of hydrogen-bond acceptors (Lipinski definition) is 18. The Hall–Kier alpha value is -6.90. The molecule has 2 unspecified atom stereocenters. The molecule has 21 heteroatoms. The first-order chi connectivity index (χ1) is 30.6. The lowest BCUT2D eigenvalue weighted by molar-refractivity contribution is -0.757. The Bertz CT molecular complexity index is 2110. The van der Waals surface area contributed by atoms with E-state index < -0.39 is 65.1 Å². The minimum absolute atomic E-state index is 0.0463. The molecule has 64 heavy (non-hydrogen) atoms. The fourth-order valence-electron chi connectivity index (χ4n) is 5.44. The second-order valence-electron chi connectivity index (χ2n) is 13.6. The van der Waals surface area contributed by atoms with Gasteiger partial charge in [-0.15, -0.1) is 20.2 Å². The van der Waals surface area contributed by atoms with Gasteiger partial charge in [-0.1, -0.05) is 71.4 Å². The van der Waals surface area contributed by atoms with Crippen molar-refractivity contribution < 1.29 is 77.0 Å². The molecule has 20 nitrogen and oxygen atoms in total. The summed E-state index contributed by atoms with van der Waals surface area (Å²) < 4.78 is 30.3. The standard InChI is InChI=1S/C22H25NO9.C21H22BrNO9/c1-3-20(24)32-19-9-8-17-12-16(6-7-18(17)13-19)15(2)22(26)30-14-21(25)29-10-4-5-11-31-23(27)28;1-14(21(26)30-13-20(25)29-8-2-3-9-31-23(27)28)15-4-5-17-11-18(32-19(24)12-22)7-6-16(17)10-15/h6-9,12-13,15H,3-5,10-11,14H2,1-2H3;4-7,10-11,14H,2-3,8-9,12-13H2,1H3. The van der Waals surface area contributed by atoms with Crippen LogP contribution in [0.5, 0.6) is 11.5 Å². The normalized spacial score (nSPS) is 11.4. The van der Waals surface area contributed by atoms with Crippen molar-refractivity contribution in [3.63, 3.8) is 0 Å². The average Bonchev–Trinajstić information content (AvgIpc) is 3.28. The number of hydrogen-bond donors (Lipinski definition) is 0. The van der Waals surface area contributed by atoms with Crippen LogP contribution in [-0.2, 0) is 57.4 Å². The van der Waals surface area contributed by atoms with Gasteiger partial charge < -0.3 is 38.1 Å². The summed E-state index contributed by atoms with van der Waals surface area (Å²) in [5.41, 5.74) is 1.41. The van der Waals surface area contributed by atoms with Gasteiger partial charge in [0, 0.05) is 6.42 Å². The molecule has 0 heterocycles. The molecule has 0 N–H and O–H groups in total. The van der Waals surface area contributed by atoms with Crippen LogP contribution in [0.1, 0.15) is 75.8 Å². The minimum atomic E-state index is -0.887. The summed E-state index contributed by atoms with van der Waals surface area (Å²) >= 11 is 3.04. The lowest BCUT2D eigenvalue weighted by Crippen LogP contribution is -2.20. The lowest BCUT2D eigenvalue weighted by atomic mass is 9.98. The molecule has 2 atom stereocenters. The van der Waals surface area contributed by atoms with Crippen LogP contribution in [0.25, 0.3) is 21.5 Å². The van der Waals surface area contributed by atoms with E-state index >= 15 is 0 Å². The first-order valence-corrected chi connectivity index (χ1v) is 21.0.